The number of benzene rings is 2. The van der Waals surface area contributed by atoms with Crippen molar-refractivity contribution in [1.29, 1.82) is 0 Å². The number of sulfonamides is 1. The van der Waals surface area contributed by atoms with E-state index in [4.69, 9.17) is 0 Å². The van der Waals surface area contributed by atoms with E-state index >= 15 is 0 Å². The van der Waals surface area contributed by atoms with E-state index in [1.165, 1.54) is 31.3 Å². The van der Waals surface area contributed by atoms with Crippen LogP contribution in [-0.4, -0.2) is 21.4 Å². The van der Waals surface area contributed by atoms with Gasteiger partial charge in [0.25, 0.3) is 5.91 Å². The zero-order valence-electron chi connectivity index (χ0n) is 14.0. The van der Waals surface area contributed by atoms with Gasteiger partial charge in [-0.05, 0) is 42.8 Å². The Balaban J connectivity index is 2.19. The third-order valence-electron chi connectivity index (χ3n) is 3.81. The molecule has 6 heteroatoms. The van der Waals surface area contributed by atoms with E-state index in [1.54, 1.807) is 0 Å². The third kappa shape index (κ3) is 4.21. The quantitative estimate of drug-likeness (QED) is 0.844. The second-order valence-electron chi connectivity index (χ2n) is 5.84. The molecule has 0 aliphatic rings. The first-order valence-corrected chi connectivity index (χ1v) is 9.23. The summed E-state index contributed by atoms with van der Waals surface area (Å²) in [6.45, 7) is 4.08. The van der Waals surface area contributed by atoms with Gasteiger partial charge in [-0.1, -0.05) is 44.2 Å². The normalized spacial score (nSPS) is 12.8. The van der Waals surface area contributed by atoms with Crippen LogP contribution < -0.4 is 10.0 Å². The Kier molecular flexibility index (Phi) is 5.75. The fourth-order valence-electron chi connectivity index (χ4n) is 2.42. The molecule has 2 N–H and O–H groups in total. The van der Waals surface area contributed by atoms with Crippen LogP contribution >= 0.6 is 0 Å². The van der Waals surface area contributed by atoms with Crippen molar-refractivity contribution < 1.29 is 13.2 Å². The molecule has 1 amide bonds. The summed E-state index contributed by atoms with van der Waals surface area (Å²) >= 11 is 0. The molecular formula is C18H22N2O3S. The molecule has 5 nitrogen and oxygen atoms in total. The van der Waals surface area contributed by atoms with Crippen LogP contribution in [-0.2, 0) is 10.0 Å². The van der Waals surface area contributed by atoms with Gasteiger partial charge in [0.05, 0.1) is 10.9 Å². The van der Waals surface area contributed by atoms with Crippen molar-refractivity contribution in [1.82, 2.24) is 10.0 Å². The van der Waals surface area contributed by atoms with Crippen molar-refractivity contribution in [3.05, 3.63) is 65.7 Å². The topological polar surface area (TPSA) is 75.3 Å². The highest BCUT2D eigenvalue weighted by Gasteiger charge is 2.19. The van der Waals surface area contributed by atoms with Gasteiger partial charge in [0.1, 0.15) is 0 Å². The van der Waals surface area contributed by atoms with E-state index in [1.807, 2.05) is 44.2 Å². The predicted molar refractivity (Wildman–Crippen MR) is 94.2 cm³/mol. The number of rotatable bonds is 6. The SMILES string of the molecule is CNS(=O)(=O)c1ccc(C(=O)NC(c2ccccc2)C(C)C)cc1. The summed E-state index contributed by atoms with van der Waals surface area (Å²) < 4.78 is 25.7. The lowest BCUT2D eigenvalue weighted by atomic mass is 9.95. The average Bonchev–Trinajstić information content (AvgIpc) is 2.60. The Morgan fingerprint density at radius 3 is 2.04 bits per heavy atom. The molecule has 0 aliphatic carbocycles. The van der Waals surface area contributed by atoms with Crippen LogP contribution in [0.1, 0.15) is 35.8 Å². The molecule has 2 aromatic rings. The Bertz CT molecular complexity index is 785. The Labute approximate surface area is 143 Å². The van der Waals surface area contributed by atoms with Crippen molar-refractivity contribution in [3.8, 4) is 0 Å². The predicted octanol–water partition coefficient (Wildman–Crippen LogP) is 2.72. The van der Waals surface area contributed by atoms with Crippen LogP contribution in [0.4, 0.5) is 0 Å². The molecule has 0 radical (unpaired) electrons. The van der Waals surface area contributed by atoms with Gasteiger partial charge >= 0.3 is 0 Å². The second-order valence-corrected chi connectivity index (χ2v) is 7.72. The number of nitrogens with one attached hydrogen (secondary N) is 2. The molecule has 0 aliphatic heterocycles. The molecular weight excluding hydrogens is 324 g/mol. The first-order valence-electron chi connectivity index (χ1n) is 7.74. The summed E-state index contributed by atoms with van der Waals surface area (Å²) in [6.07, 6.45) is 0. The van der Waals surface area contributed by atoms with Crippen molar-refractivity contribution in [2.24, 2.45) is 5.92 Å². The fraction of sp³-hybridized carbons (Fsp3) is 0.278. The second kappa shape index (κ2) is 7.59. The van der Waals surface area contributed by atoms with E-state index in [-0.39, 0.29) is 22.8 Å². The summed E-state index contributed by atoms with van der Waals surface area (Å²) in [5.41, 5.74) is 1.46. The monoisotopic (exact) mass is 346 g/mol. The van der Waals surface area contributed by atoms with Gasteiger partial charge < -0.3 is 5.32 Å². The summed E-state index contributed by atoms with van der Waals surface area (Å²) in [7, 11) is -2.15. The molecule has 2 rings (SSSR count). The number of carbonyl (C=O) groups is 1. The van der Waals surface area contributed by atoms with Gasteiger partial charge in [-0.25, -0.2) is 13.1 Å². The molecule has 24 heavy (non-hydrogen) atoms. The Morgan fingerprint density at radius 1 is 0.958 bits per heavy atom. The van der Waals surface area contributed by atoms with Crippen LogP contribution in [0.5, 0.6) is 0 Å². The molecule has 0 bridgehead atoms. The molecule has 0 spiro atoms. The number of hydrogen-bond donors (Lipinski definition) is 2. The van der Waals surface area contributed by atoms with E-state index < -0.39 is 10.0 Å². The van der Waals surface area contributed by atoms with Gasteiger partial charge in [-0.15, -0.1) is 0 Å². The largest absolute Gasteiger partial charge is 0.345 e. The Hall–Kier alpha value is -2.18. The van der Waals surface area contributed by atoms with Gasteiger partial charge in [0.2, 0.25) is 10.0 Å². The Morgan fingerprint density at radius 2 is 1.54 bits per heavy atom. The van der Waals surface area contributed by atoms with Crippen LogP contribution in [0.25, 0.3) is 0 Å². The molecule has 0 fully saturated rings. The highest BCUT2D eigenvalue weighted by molar-refractivity contribution is 7.89. The van der Waals surface area contributed by atoms with Crippen molar-refractivity contribution in [2.75, 3.05) is 7.05 Å². The maximum Gasteiger partial charge on any atom is 0.251 e. The lowest BCUT2D eigenvalue weighted by Crippen LogP contribution is -2.31. The fourth-order valence-corrected chi connectivity index (χ4v) is 3.15. The molecule has 0 saturated carbocycles. The molecule has 0 heterocycles. The number of hydrogen-bond acceptors (Lipinski definition) is 3. The number of amides is 1. The average molecular weight is 346 g/mol. The zero-order valence-corrected chi connectivity index (χ0v) is 14.8. The number of carbonyl (C=O) groups excluding carboxylic acids is 1. The summed E-state index contributed by atoms with van der Waals surface area (Å²) in [6, 6.07) is 15.5. The van der Waals surface area contributed by atoms with E-state index in [2.05, 4.69) is 10.0 Å². The third-order valence-corrected chi connectivity index (χ3v) is 5.24. The summed E-state index contributed by atoms with van der Waals surface area (Å²) in [5, 5.41) is 3.02. The van der Waals surface area contributed by atoms with Gasteiger partial charge in [-0.2, -0.15) is 0 Å². The van der Waals surface area contributed by atoms with Crippen LogP contribution in [0.3, 0.4) is 0 Å². The minimum atomic E-state index is -3.50. The van der Waals surface area contributed by atoms with Crippen LogP contribution in [0.15, 0.2) is 59.5 Å². The first kappa shape index (κ1) is 18.2. The zero-order chi connectivity index (χ0) is 17.7. The van der Waals surface area contributed by atoms with E-state index in [9.17, 15) is 13.2 Å². The van der Waals surface area contributed by atoms with Gasteiger partial charge in [-0.3, -0.25) is 4.79 Å². The summed E-state index contributed by atoms with van der Waals surface area (Å²) in [5.74, 6) is -0.00810. The summed E-state index contributed by atoms with van der Waals surface area (Å²) in [4.78, 5) is 12.6. The van der Waals surface area contributed by atoms with E-state index in [0.717, 1.165) is 5.56 Å². The first-order chi connectivity index (χ1) is 11.3. The standard InChI is InChI=1S/C18H22N2O3S/c1-13(2)17(14-7-5-4-6-8-14)20-18(21)15-9-11-16(12-10-15)24(22,23)19-3/h4-13,17,19H,1-3H3,(H,20,21). The van der Waals surface area contributed by atoms with Gasteiger partial charge in [0, 0.05) is 5.56 Å². The lowest BCUT2D eigenvalue weighted by Gasteiger charge is -2.23. The molecule has 1 unspecified atom stereocenters. The van der Waals surface area contributed by atoms with Crippen molar-refractivity contribution in [3.63, 3.8) is 0 Å². The maximum absolute atomic E-state index is 12.5. The molecule has 2 aromatic carbocycles. The highest BCUT2D eigenvalue weighted by atomic mass is 32.2. The molecule has 0 aromatic heterocycles. The maximum atomic E-state index is 12.5. The van der Waals surface area contributed by atoms with Crippen LogP contribution in [0.2, 0.25) is 0 Å². The lowest BCUT2D eigenvalue weighted by molar-refractivity contribution is 0.0925. The highest BCUT2D eigenvalue weighted by Crippen LogP contribution is 2.22. The van der Waals surface area contributed by atoms with Crippen molar-refractivity contribution in [2.45, 2.75) is 24.8 Å². The van der Waals surface area contributed by atoms with Crippen LogP contribution in [0, 0.1) is 5.92 Å². The molecule has 1 atom stereocenters. The minimum absolute atomic E-state index is 0.112. The minimum Gasteiger partial charge on any atom is -0.345 e. The van der Waals surface area contributed by atoms with Gasteiger partial charge in [0.15, 0.2) is 0 Å². The van der Waals surface area contributed by atoms with E-state index in [0.29, 0.717) is 5.56 Å². The molecule has 0 saturated heterocycles. The van der Waals surface area contributed by atoms with Crippen molar-refractivity contribution >= 4 is 15.9 Å². The molecule has 128 valence electrons. The smallest absolute Gasteiger partial charge is 0.251 e.